The van der Waals surface area contributed by atoms with E-state index >= 15 is 0 Å². The first kappa shape index (κ1) is 12.4. The monoisotopic (exact) mass is 223 g/mol. The second kappa shape index (κ2) is 5.39. The van der Waals surface area contributed by atoms with Crippen LogP contribution >= 0.6 is 0 Å². The van der Waals surface area contributed by atoms with Crippen molar-refractivity contribution in [3.8, 4) is 11.5 Å². The predicted molar refractivity (Wildman–Crippen MR) is 61.6 cm³/mol. The molecule has 0 bridgehead atoms. The Labute approximate surface area is 94.9 Å². The van der Waals surface area contributed by atoms with E-state index in [-0.39, 0.29) is 23.0 Å². The van der Waals surface area contributed by atoms with Gasteiger partial charge in [0.15, 0.2) is 11.5 Å². The zero-order chi connectivity index (χ0) is 12.1. The third kappa shape index (κ3) is 2.89. The minimum Gasteiger partial charge on any atom is -0.504 e. The predicted octanol–water partition coefficient (Wildman–Crippen LogP) is 1.87. The van der Waals surface area contributed by atoms with Crippen LogP contribution in [0.1, 0.15) is 30.6 Å². The highest BCUT2D eigenvalue weighted by atomic mass is 16.3. The number of para-hydroxylation sites is 1. The van der Waals surface area contributed by atoms with Crippen molar-refractivity contribution in [3.05, 3.63) is 23.8 Å². The van der Waals surface area contributed by atoms with E-state index in [1.54, 1.807) is 0 Å². The number of benzene rings is 1. The molecule has 1 amide bonds. The van der Waals surface area contributed by atoms with Gasteiger partial charge in [-0.2, -0.15) is 0 Å². The van der Waals surface area contributed by atoms with Gasteiger partial charge < -0.3 is 15.5 Å². The fraction of sp³-hybridized carbons (Fsp3) is 0.417. The molecule has 3 N–H and O–H groups in total. The van der Waals surface area contributed by atoms with Crippen LogP contribution in [-0.2, 0) is 0 Å². The van der Waals surface area contributed by atoms with Crippen molar-refractivity contribution in [2.24, 2.45) is 5.92 Å². The van der Waals surface area contributed by atoms with Gasteiger partial charge in [0.2, 0.25) is 0 Å². The summed E-state index contributed by atoms with van der Waals surface area (Å²) >= 11 is 0. The molecule has 1 aromatic carbocycles. The SMILES string of the molecule is CCC(C)CNC(=O)c1cccc(O)c1O. The standard InChI is InChI=1S/C12H17NO3/c1-3-8(2)7-13-12(16)9-5-4-6-10(14)11(9)15/h4-6,8,14-15H,3,7H2,1-2H3,(H,13,16). The highest BCUT2D eigenvalue weighted by Gasteiger charge is 2.13. The minimum atomic E-state index is -0.371. The number of nitrogens with one attached hydrogen (secondary N) is 1. The second-order valence-electron chi connectivity index (χ2n) is 3.90. The lowest BCUT2D eigenvalue weighted by molar-refractivity contribution is 0.0944. The van der Waals surface area contributed by atoms with Crippen LogP contribution in [-0.4, -0.2) is 22.7 Å². The van der Waals surface area contributed by atoms with Crippen molar-refractivity contribution in [2.75, 3.05) is 6.54 Å². The van der Waals surface area contributed by atoms with E-state index in [0.29, 0.717) is 12.5 Å². The Bertz CT molecular complexity index is 377. The van der Waals surface area contributed by atoms with Gasteiger partial charge in [0, 0.05) is 6.54 Å². The molecular weight excluding hydrogens is 206 g/mol. The van der Waals surface area contributed by atoms with Crippen LogP contribution in [0.25, 0.3) is 0 Å². The molecule has 0 heterocycles. The number of carbonyl (C=O) groups excluding carboxylic acids is 1. The molecule has 0 fully saturated rings. The number of rotatable bonds is 4. The summed E-state index contributed by atoms with van der Waals surface area (Å²) in [5.74, 6) is -0.627. The van der Waals surface area contributed by atoms with Crippen LogP contribution in [0.15, 0.2) is 18.2 Å². The van der Waals surface area contributed by atoms with Gasteiger partial charge in [0.1, 0.15) is 0 Å². The number of phenolic OH excluding ortho intramolecular Hbond substituents is 2. The minimum absolute atomic E-state index is 0.100. The van der Waals surface area contributed by atoms with E-state index in [1.165, 1.54) is 18.2 Å². The molecule has 4 nitrogen and oxygen atoms in total. The van der Waals surface area contributed by atoms with Gasteiger partial charge in [-0.1, -0.05) is 26.3 Å². The van der Waals surface area contributed by atoms with E-state index in [9.17, 15) is 15.0 Å². The number of carbonyl (C=O) groups is 1. The smallest absolute Gasteiger partial charge is 0.255 e. The summed E-state index contributed by atoms with van der Waals surface area (Å²) < 4.78 is 0. The van der Waals surface area contributed by atoms with Crippen molar-refractivity contribution in [3.63, 3.8) is 0 Å². The van der Waals surface area contributed by atoms with E-state index in [4.69, 9.17) is 0 Å². The lowest BCUT2D eigenvalue weighted by atomic mass is 10.1. The molecule has 1 aromatic rings. The lowest BCUT2D eigenvalue weighted by Gasteiger charge is -2.11. The summed E-state index contributed by atoms with van der Waals surface area (Å²) in [6, 6.07) is 4.33. The summed E-state index contributed by atoms with van der Waals surface area (Å²) in [4.78, 5) is 11.7. The van der Waals surface area contributed by atoms with Crippen molar-refractivity contribution in [2.45, 2.75) is 20.3 Å². The quantitative estimate of drug-likeness (QED) is 0.682. The third-order valence-corrected chi connectivity index (χ3v) is 2.57. The van der Waals surface area contributed by atoms with Gasteiger partial charge in [-0.3, -0.25) is 4.79 Å². The zero-order valence-electron chi connectivity index (χ0n) is 9.53. The maximum Gasteiger partial charge on any atom is 0.255 e. The second-order valence-corrected chi connectivity index (χ2v) is 3.90. The Morgan fingerprint density at radius 2 is 2.12 bits per heavy atom. The Morgan fingerprint density at radius 1 is 1.44 bits per heavy atom. The van der Waals surface area contributed by atoms with Gasteiger partial charge in [-0.15, -0.1) is 0 Å². The van der Waals surface area contributed by atoms with Crippen LogP contribution in [0.5, 0.6) is 11.5 Å². The molecule has 1 rings (SSSR count). The van der Waals surface area contributed by atoms with Crippen LogP contribution < -0.4 is 5.32 Å². The van der Waals surface area contributed by atoms with Gasteiger partial charge >= 0.3 is 0 Å². The highest BCUT2D eigenvalue weighted by molar-refractivity contribution is 5.97. The molecule has 1 unspecified atom stereocenters. The molecule has 0 aliphatic carbocycles. The van der Waals surface area contributed by atoms with Gasteiger partial charge in [-0.25, -0.2) is 0 Å². The fourth-order valence-corrected chi connectivity index (χ4v) is 1.22. The normalized spacial score (nSPS) is 12.1. The Balaban J connectivity index is 2.70. The van der Waals surface area contributed by atoms with Crippen molar-refractivity contribution in [1.29, 1.82) is 0 Å². The molecule has 88 valence electrons. The molecular formula is C12H17NO3. The van der Waals surface area contributed by atoms with Crippen LogP contribution in [0.3, 0.4) is 0 Å². The first-order valence-corrected chi connectivity index (χ1v) is 5.35. The van der Waals surface area contributed by atoms with Crippen LogP contribution in [0, 0.1) is 5.92 Å². The third-order valence-electron chi connectivity index (χ3n) is 2.57. The molecule has 4 heteroatoms. The molecule has 0 saturated heterocycles. The molecule has 0 saturated carbocycles. The Hall–Kier alpha value is -1.71. The molecule has 16 heavy (non-hydrogen) atoms. The summed E-state index contributed by atoms with van der Waals surface area (Å²) in [6.45, 7) is 4.63. The Kier molecular flexibility index (Phi) is 4.17. The molecule has 0 aliphatic rings. The summed E-state index contributed by atoms with van der Waals surface area (Å²) in [6.07, 6.45) is 0.978. The zero-order valence-corrected chi connectivity index (χ0v) is 9.53. The molecule has 0 aliphatic heterocycles. The summed E-state index contributed by atoms with van der Waals surface area (Å²) in [7, 11) is 0. The van der Waals surface area contributed by atoms with Gasteiger partial charge in [0.05, 0.1) is 5.56 Å². The number of hydrogen-bond donors (Lipinski definition) is 3. The van der Waals surface area contributed by atoms with Crippen molar-refractivity contribution in [1.82, 2.24) is 5.32 Å². The van der Waals surface area contributed by atoms with E-state index < -0.39 is 0 Å². The van der Waals surface area contributed by atoms with E-state index in [0.717, 1.165) is 6.42 Å². The van der Waals surface area contributed by atoms with Crippen LogP contribution in [0.4, 0.5) is 0 Å². The maximum absolute atomic E-state index is 11.7. The number of amides is 1. The number of phenols is 2. The summed E-state index contributed by atoms with van der Waals surface area (Å²) in [5, 5.41) is 21.4. The van der Waals surface area contributed by atoms with E-state index in [1.807, 2.05) is 13.8 Å². The molecule has 0 spiro atoms. The average Bonchev–Trinajstić information content (AvgIpc) is 2.29. The first-order chi connectivity index (χ1) is 7.56. The highest BCUT2D eigenvalue weighted by Crippen LogP contribution is 2.27. The average molecular weight is 223 g/mol. The van der Waals surface area contributed by atoms with Crippen molar-refractivity contribution < 1.29 is 15.0 Å². The van der Waals surface area contributed by atoms with Gasteiger partial charge in [0.25, 0.3) is 5.91 Å². The Morgan fingerprint density at radius 3 is 2.75 bits per heavy atom. The maximum atomic E-state index is 11.7. The van der Waals surface area contributed by atoms with Crippen molar-refractivity contribution >= 4 is 5.91 Å². The van der Waals surface area contributed by atoms with Crippen LogP contribution in [0.2, 0.25) is 0 Å². The summed E-state index contributed by atoms with van der Waals surface area (Å²) in [5.41, 5.74) is 0.100. The first-order valence-electron chi connectivity index (χ1n) is 5.35. The number of aromatic hydroxyl groups is 2. The number of hydrogen-bond acceptors (Lipinski definition) is 3. The van der Waals surface area contributed by atoms with E-state index in [2.05, 4.69) is 5.32 Å². The largest absolute Gasteiger partial charge is 0.504 e. The molecule has 0 aromatic heterocycles. The topological polar surface area (TPSA) is 69.6 Å². The van der Waals surface area contributed by atoms with Gasteiger partial charge in [-0.05, 0) is 18.1 Å². The molecule has 1 atom stereocenters. The fourth-order valence-electron chi connectivity index (χ4n) is 1.22. The lowest BCUT2D eigenvalue weighted by Crippen LogP contribution is -2.28. The molecule has 0 radical (unpaired) electrons.